The highest BCUT2D eigenvalue weighted by molar-refractivity contribution is 7.99. The number of thioether (sulfide) groups is 1. The summed E-state index contributed by atoms with van der Waals surface area (Å²) in [6.45, 7) is 2.08. The van der Waals surface area contributed by atoms with Crippen molar-refractivity contribution in [3.63, 3.8) is 0 Å². The Kier molecular flexibility index (Phi) is 7.95. The van der Waals surface area contributed by atoms with E-state index in [1.54, 1.807) is 29.8 Å². The number of nitrogens with one attached hydrogen (secondary N) is 2. The number of rotatable bonds is 8. The Morgan fingerprint density at radius 3 is 2.48 bits per heavy atom. The van der Waals surface area contributed by atoms with Crippen LogP contribution in [0.4, 0.5) is 11.4 Å². The fourth-order valence-corrected chi connectivity index (χ4v) is 3.79. The van der Waals surface area contributed by atoms with Gasteiger partial charge in [0.15, 0.2) is 5.16 Å². The summed E-state index contributed by atoms with van der Waals surface area (Å²) < 4.78 is 1.69. The predicted molar refractivity (Wildman–Crippen MR) is 125 cm³/mol. The van der Waals surface area contributed by atoms with Crippen molar-refractivity contribution in [2.45, 2.75) is 24.9 Å². The molecule has 3 rings (SSSR count). The van der Waals surface area contributed by atoms with Crippen molar-refractivity contribution in [2.75, 3.05) is 16.4 Å². The van der Waals surface area contributed by atoms with Crippen molar-refractivity contribution in [3.8, 4) is 0 Å². The summed E-state index contributed by atoms with van der Waals surface area (Å²) in [6.07, 6.45) is 0.950. The molecule has 2 aromatic carbocycles. The van der Waals surface area contributed by atoms with Gasteiger partial charge in [0.05, 0.1) is 27.9 Å². The van der Waals surface area contributed by atoms with Crippen LogP contribution < -0.4 is 10.6 Å². The standard InChI is InChI=1S/C21H21Cl2N5O2S/c1-3-13-7-9-14(10-8-13)24-19(30)12-31-21-27-26-17(28(21)2)11-18(29)25-16-6-4-5-15(22)20(16)23/h4-10H,3,11-12H2,1-2H3,(H,24,30)(H,25,29). The molecule has 0 bridgehead atoms. The third kappa shape index (κ3) is 6.22. The molecule has 0 aliphatic heterocycles. The largest absolute Gasteiger partial charge is 0.325 e. The van der Waals surface area contributed by atoms with Gasteiger partial charge in [0.2, 0.25) is 11.8 Å². The molecular weight excluding hydrogens is 457 g/mol. The van der Waals surface area contributed by atoms with Gasteiger partial charge in [0, 0.05) is 12.7 Å². The fraction of sp³-hybridized carbons (Fsp3) is 0.238. The lowest BCUT2D eigenvalue weighted by atomic mass is 10.1. The molecule has 10 heteroatoms. The second-order valence-electron chi connectivity index (χ2n) is 6.67. The zero-order chi connectivity index (χ0) is 22.4. The Bertz CT molecular complexity index is 1090. The highest BCUT2D eigenvalue weighted by atomic mass is 35.5. The highest BCUT2D eigenvalue weighted by Crippen LogP contribution is 2.29. The summed E-state index contributed by atoms with van der Waals surface area (Å²) in [4.78, 5) is 24.6. The van der Waals surface area contributed by atoms with Gasteiger partial charge in [-0.3, -0.25) is 9.59 Å². The maximum absolute atomic E-state index is 12.4. The lowest BCUT2D eigenvalue weighted by Crippen LogP contribution is -2.17. The number of carbonyl (C=O) groups is 2. The minimum atomic E-state index is -0.301. The maximum Gasteiger partial charge on any atom is 0.234 e. The van der Waals surface area contributed by atoms with E-state index in [4.69, 9.17) is 23.2 Å². The maximum atomic E-state index is 12.4. The molecule has 1 heterocycles. The number of carbonyl (C=O) groups excluding carboxylic acids is 2. The molecule has 0 aliphatic rings. The van der Waals surface area contributed by atoms with E-state index in [1.165, 1.54) is 17.3 Å². The molecule has 162 valence electrons. The number of anilines is 2. The third-order valence-corrected chi connectivity index (χ3v) is 6.29. The summed E-state index contributed by atoms with van der Waals surface area (Å²) in [5, 5.41) is 14.9. The average Bonchev–Trinajstić information content (AvgIpc) is 3.09. The minimum absolute atomic E-state index is 0.00285. The first-order valence-electron chi connectivity index (χ1n) is 9.51. The molecule has 2 N–H and O–H groups in total. The van der Waals surface area contributed by atoms with E-state index < -0.39 is 0 Å². The lowest BCUT2D eigenvalue weighted by Gasteiger charge is -2.08. The van der Waals surface area contributed by atoms with Crippen molar-refractivity contribution < 1.29 is 9.59 Å². The predicted octanol–water partition coefficient (Wildman–Crippen LogP) is 4.60. The van der Waals surface area contributed by atoms with Gasteiger partial charge >= 0.3 is 0 Å². The van der Waals surface area contributed by atoms with Gasteiger partial charge < -0.3 is 15.2 Å². The zero-order valence-electron chi connectivity index (χ0n) is 17.0. The van der Waals surface area contributed by atoms with Gasteiger partial charge in [-0.15, -0.1) is 10.2 Å². The van der Waals surface area contributed by atoms with Crippen LogP contribution in [0, 0.1) is 0 Å². The lowest BCUT2D eigenvalue weighted by molar-refractivity contribution is -0.116. The van der Waals surface area contributed by atoms with Gasteiger partial charge in [-0.05, 0) is 36.2 Å². The molecule has 7 nitrogen and oxygen atoms in total. The van der Waals surface area contributed by atoms with Crippen LogP contribution in [0.2, 0.25) is 10.0 Å². The molecule has 0 spiro atoms. The first-order chi connectivity index (χ1) is 14.9. The van der Waals surface area contributed by atoms with E-state index in [-0.39, 0.29) is 29.0 Å². The molecule has 3 aromatic rings. The van der Waals surface area contributed by atoms with Crippen LogP contribution in [0.3, 0.4) is 0 Å². The van der Waals surface area contributed by atoms with Crippen LogP contribution in [-0.4, -0.2) is 32.3 Å². The number of nitrogens with zero attached hydrogens (tertiary/aromatic N) is 3. The summed E-state index contributed by atoms with van der Waals surface area (Å²) >= 11 is 13.3. The number of halogens is 2. The molecule has 0 radical (unpaired) electrons. The van der Waals surface area contributed by atoms with Crippen molar-refractivity contribution >= 4 is 58.2 Å². The molecule has 0 saturated heterocycles. The molecule has 0 unspecified atom stereocenters. The van der Waals surface area contributed by atoms with Gasteiger partial charge in [0.1, 0.15) is 5.82 Å². The smallest absolute Gasteiger partial charge is 0.234 e. The number of benzene rings is 2. The van der Waals surface area contributed by atoms with Crippen LogP contribution in [-0.2, 0) is 29.5 Å². The van der Waals surface area contributed by atoms with Crippen molar-refractivity contribution in [1.29, 1.82) is 0 Å². The van der Waals surface area contributed by atoms with E-state index in [2.05, 4.69) is 27.8 Å². The number of aryl methyl sites for hydroxylation is 1. The van der Waals surface area contributed by atoms with E-state index in [9.17, 15) is 9.59 Å². The van der Waals surface area contributed by atoms with Crippen molar-refractivity contribution in [3.05, 3.63) is 63.9 Å². The minimum Gasteiger partial charge on any atom is -0.325 e. The summed E-state index contributed by atoms with van der Waals surface area (Å²) in [5.74, 6) is 0.191. The molecule has 2 amide bonds. The molecule has 0 atom stereocenters. The molecule has 0 aliphatic carbocycles. The summed E-state index contributed by atoms with van der Waals surface area (Å²) in [6, 6.07) is 12.7. The normalized spacial score (nSPS) is 10.7. The molecule has 1 aromatic heterocycles. The Morgan fingerprint density at radius 1 is 1.03 bits per heavy atom. The summed E-state index contributed by atoms with van der Waals surface area (Å²) in [7, 11) is 1.75. The SMILES string of the molecule is CCc1ccc(NC(=O)CSc2nnc(CC(=O)Nc3cccc(Cl)c3Cl)n2C)cc1. The van der Waals surface area contributed by atoms with Crippen LogP contribution >= 0.6 is 35.0 Å². The average molecular weight is 478 g/mol. The van der Waals surface area contributed by atoms with Crippen LogP contribution in [0.5, 0.6) is 0 Å². The van der Waals surface area contributed by atoms with E-state index >= 15 is 0 Å². The molecule has 0 fully saturated rings. The van der Waals surface area contributed by atoms with Crippen molar-refractivity contribution in [1.82, 2.24) is 14.8 Å². The van der Waals surface area contributed by atoms with E-state index in [0.29, 0.717) is 21.7 Å². The zero-order valence-corrected chi connectivity index (χ0v) is 19.3. The number of amides is 2. The quantitative estimate of drug-likeness (QED) is 0.462. The van der Waals surface area contributed by atoms with Crippen LogP contribution in [0.1, 0.15) is 18.3 Å². The van der Waals surface area contributed by atoms with Crippen LogP contribution in [0.15, 0.2) is 47.6 Å². The number of hydrogen-bond acceptors (Lipinski definition) is 5. The molecule has 31 heavy (non-hydrogen) atoms. The van der Waals surface area contributed by atoms with E-state index in [1.807, 2.05) is 24.3 Å². The topological polar surface area (TPSA) is 88.9 Å². The van der Waals surface area contributed by atoms with Gasteiger partial charge in [0.25, 0.3) is 0 Å². The monoisotopic (exact) mass is 477 g/mol. The second-order valence-corrected chi connectivity index (χ2v) is 8.40. The second kappa shape index (κ2) is 10.7. The van der Waals surface area contributed by atoms with Gasteiger partial charge in [-0.1, -0.05) is 60.1 Å². The first kappa shape index (κ1) is 23.1. The first-order valence-corrected chi connectivity index (χ1v) is 11.2. The fourth-order valence-electron chi connectivity index (χ4n) is 2.71. The summed E-state index contributed by atoms with van der Waals surface area (Å²) in [5.41, 5.74) is 2.39. The van der Waals surface area contributed by atoms with Gasteiger partial charge in [-0.25, -0.2) is 0 Å². The number of hydrogen-bond donors (Lipinski definition) is 2. The van der Waals surface area contributed by atoms with Crippen LogP contribution in [0.25, 0.3) is 0 Å². The number of aromatic nitrogens is 3. The Balaban J connectivity index is 1.53. The van der Waals surface area contributed by atoms with Crippen molar-refractivity contribution in [2.24, 2.45) is 7.05 Å². The van der Waals surface area contributed by atoms with Gasteiger partial charge in [-0.2, -0.15) is 0 Å². The third-order valence-electron chi connectivity index (χ3n) is 4.45. The Labute approximate surface area is 194 Å². The Hall–Kier alpha value is -2.55. The Morgan fingerprint density at radius 2 is 1.77 bits per heavy atom. The highest BCUT2D eigenvalue weighted by Gasteiger charge is 2.16. The van der Waals surface area contributed by atoms with E-state index in [0.717, 1.165) is 12.1 Å². The molecule has 0 saturated carbocycles. The molecular formula is C21H21Cl2N5O2S.